The molecule has 2 unspecified atom stereocenters. The molecule has 1 aliphatic rings. The van der Waals surface area contributed by atoms with Crippen LogP contribution in [0, 0.1) is 10.1 Å². The van der Waals surface area contributed by atoms with Gasteiger partial charge in [-0.15, -0.1) is 0 Å². The minimum atomic E-state index is -0.985. The number of nitrogens with one attached hydrogen (secondary N) is 2. The van der Waals surface area contributed by atoms with Crippen LogP contribution in [0.4, 0.5) is 5.82 Å². The molecule has 0 aliphatic heterocycles. The fourth-order valence-corrected chi connectivity index (χ4v) is 4.53. The highest BCUT2D eigenvalue weighted by Crippen LogP contribution is 2.34. The second kappa shape index (κ2) is 9.85. The number of nitrogens with zero attached hydrogens (tertiary/aromatic N) is 5. The van der Waals surface area contributed by atoms with Crippen LogP contribution in [0.25, 0.3) is 22.2 Å². The maximum Gasteiger partial charge on any atom is 0.255 e. The topological polar surface area (TPSA) is 110 Å². The second-order valence-electron chi connectivity index (χ2n) is 8.95. The van der Waals surface area contributed by atoms with Gasteiger partial charge in [-0.1, -0.05) is 0 Å². The van der Waals surface area contributed by atoms with Gasteiger partial charge in [0, 0.05) is 47.6 Å². The number of aromatic nitrogens is 3. The number of hydrogen-bond donors (Lipinski definition) is 2. The van der Waals surface area contributed by atoms with Gasteiger partial charge in [0.05, 0.1) is 12.8 Å². The van der Waals surface area contributed by atoms with E-state index in [1.54, 1.807) is 32.6 Å². The zero-order valence-electron chi connectivity index (χ0n) is 20.6. The molecular formula is C25H31N7O3. The van der Waals surface area contributed by atoms with Crippen molar-refractivity contribution in [2.45, 2.75) is 18.0 Å². The van der Waals surface area contributed by atoms with Gasteiger partial charge in [-0.05, 0) is 70.0 Å². The molecule has 3 aromatic rings. The molecule has 10 nitrogen and oxygen atoms in total. The highest BCUT2D eigenvalue weighted by molar-refractivity contribution is 5.94. The lowest BCUT2D eigenvalue weighted by atomic mass is 9.81. The van der Waals surface area contributed by atoms with Crippen LogP contribution in [-0.4, -0.2) is 70.7 Å². The quantitative estimate of drug-likeness (QED) is 0.357. The van der Waals surface area contributed by atoms with Crippen LogP contribution in [0.2, 0.25) is 0 Å². The van der Waals surface area contributed by atoms with E-state index in [1.807, 2.05) is 67.1 Å². The van der Waals surface area contributed by atoms with Gasteiger partial charge in [-0.2, -0.15) is 0 Å². The van der Waals surface area contributed by atoms with E-state index in [0.29, 0.717) is 30.2 Å². The molecule has 2 N–H and O–H groups in total. The normalized spacial score (nSPS) is 20.0. The monoisotopic (exact) mass is 477 g/mol. The number of likely N-dealkylation sites (N-methyl/N-ethyl adjacent to an activating group) is 1. The summed E-state index contributed by atoms with van der Waals surface area (Å²) in [5.74, 6) is 1.09. The number of aryl methyl sites for hydroxylation is 1. The predicted octanol–water partition coefficient (Wildman–Crippen LogP) is 3.03. The van der Waals surface area contributed by atoms with Gasteiger partial charge in [0.2, 0.25) is 0 Å². The molecule has 0 bridgehead atoms. The molecule has 10 heteroatoms. The zero-order chi connectivity index (χ0) is 25.2. The van der Waals surface area contributed by atoms with Crippen LogP contribution >= 0.6 is 0 Å². The Morgan fingerprint density at radius 2 is 2.09 bits per heavy atom. The van der Waals surface area contributed by atoms with E-state index in [4.69, 9.17) is 4.74 Å². The van der Waals surface area contributed by atoms with Gasteiger partial charge in [0.25, 0.3) is 6.04 Å². The number of nitro groups is 1. The lowest BCUT2D eigenvalue weighted by Gasteiger charge is -2.36. The van der Waals surface area contributed by atoms with Gasteiger partial charge >= 0.3 is 0 Å². The van der Waals surface area contributed by atoms with E-state index in [1.165, 1.54) is 0 Å². The van der Waals surface area contributed by atoms with Crippen molar-refractivity contribution in [1.29, 1.82) is 0 Å². The molecule has 0 saturated heterocycles. The first-order valence-corrected chi connectivity index (χ1v) is 11.4. The smallest absolute Gasteiger partial charge is 0.255 e. The van der Waals surface area contributed by atoms with Gasteiger partial charge < -0.3 is 24.8 Å². The molecule has 0 aromatic carbocycles. The highest BCUT2D eigenvalue weighted by atomic mass is 16.6. The first kappa shape index (κ1) is 24.4. The van der Waals surface area contributed by atoms with Crippen molar-refractivity contribution >= 4 is 16.9 Å². The number of hydrogen-bond acceptors (Lipinski definition) is 8. The molecule has 0 spiro atoms. The Kier molecular flexibility index (Phi) is 6.86. The Morgan fingerprint density at radius 3 is 2.77 bits per heavy atom. The second-order valence-corrected chi connectivity index (χ2v) is 8.95. The molecule has 3 heterocycles. The molecule has 2 atom stereocenters. The summed E-state index contributed by atoms with van der Waals surface area (Å²) < 4.78 is 7.65. The van der Waals surface area contributed by atoms with Gasteiger partial charge in [-0.3, -0.25) is 10.1 Å². The first-order chi connectivity index (χ1) is 16.8. The number of pyridine rings is 2. The van der Waals surface area contributed by atoms with E-state index in [-0.39, 0.29) is 4.92 Å². The summed E-state index contributed by atoms with van der Waals surface area (Å²) in [7, 11) is 9.16. The Bertz CT molecular complexity index is 1300. The van der Waals surface area contributed by atoms with Crippen molar-refractivity contribution in [2.24, 2.45) is 7.05 Å². The van der Waals surface area contributed by atoms with Crippen LogP contribution in [-0.2, 0) is 11.8 Å². The molecule has 3 aromatic heterocycles. The summed E-state index contributed by atoms with van der Waals surface area (Å²) in [6, 6.07) is 6.82. The fraction of sp³-hybridized carbons (Fsp3) is 0.360. The minimum Gasteiger partial charge on any atom is -0.495 e. The predicted molar refractivity (Wildman–Crippen MR) is 136 cm³/mol. The number of ether oxygens (including phenoxy) is 1. The van der Waals surface area contributed by atoms with Crippen molar-refractivity contribution in [2.75, 3.05) is 40.1 Å². The van der Waals surface area contributed by atoms with Crippen molar-refractivity contribution in [1.82, 2.24) is 24.8 Å². The highest BCUT2D eigenvalue weighted by Gasteiger charge is 2.46. The summed E-state index contributed by atoms with van der Waals surface area (Å²) in [5.41, 5.74) is 2.51. The van der Waals surface area contributed by atoms with Crippen molar-refractivity contribution in [3.63, 3.8) is 0 Å². The number of anilines is 1. The lowest BCUT2D eigenvalue weighted by Crippen LogP contribution is -2.57. The van der Waals surface area contributed by atoms with Gasteiger partial charge in [-0.25, -0.2) is 9.97 Å². The maximum absolute atomic E-state index is 12.1. The minimum absolute atomic E-state index is 0.260. The van der Waals surface area contributed by atoms with Gasteiger partial charge in [0.1, 0.15) is 22.8 Å². The van der Waals surface area contributed by atoms with Crippen LogP contribution in [0.15, 0.2) is 66.5 Å². The average molecular weight is 478 g/mol. The molecule has 0 amide bonds. The first-order valence-electron chi connectivity index (χ1n) is 11.4. The third-order valence-electron chi connectivity index (χ3n) is 6.46. The van der Waals surface area contributed by atoms with Crippen molar-refractivity contribution in [3.8, 4) is 11.1 Å². The Labute approximate surface area is 204 Å². The Balaban J connectivity index is 1.69. The van der Waals surface area contributed by atoms with Crippen molar-refractivity contribution in [3.05, 3.63) is 76.6 Å². The van der Waals surface area contributed by atoms with Crippen LogP contribution in [0.3, 0.4) is 0 Å². The molecule has 0 radical (unpaired) electrons. The summed E-state index contributed by atoms with van der Waals surface area (Å²) >= 11 is 0. The molecule has 184 valence electrons. The molecule has 0 saturated carbocycles. The number of rotatable bonds is 9. The van der Waals surface area contributed by atoms with E-state index >= 15 is 0 Å². The van der Waals surface area contributed by atoms with Crippen LogP contribution in [0.5, 0.6) is 0 Å². The molecule has 1 aliphatic carbocycles. The lowest BCUT2D eigenvalue weighted by molar-refractivity contribution is -0.519. The Hall–Kier alpha value is -3.76. The average Bonchev–Trinajstić information content (AvgIpc) is 3.19. The molecule has 4 rings (SSSR count). The van der Waals surface area contributed by atoms with E-state index in [9.17, 15) is 10.1 Å². The standard InChI is InChI=1S/C25H31N7O3/c1-26-25(9-12-30(2)3)15-21(35-5)20(14-22(25)32(33)34)29-23-13-17(8-11-27-23)19-16-31(4)24-18(19)7-6-10-28-24/h6-8,10-11,13-16,22,26H,9,12H2,1-5H3,(H,27,29). The zero-order valence-corrected chi connectivity index (χ0v) is 20.6. The summed E-state index contributed by atoms with van der Waals surface area (Å²) in [5, 5.41) is 19.6. The summed E-state index contributed by atoms with van der Waals surface area (Å²) in [6.45, 7) is 0.679. The van der Waals surface area contributed by atoms with Gasteiger partial charge in [0.15, 0.2) is 0 Å². The largest absolute Gasteiger partial charge is 0.495 e. The van der Waals surface area contributed by atoms with Crippen LogP contribution < -0.4 is 10.6 Å². The van der Waals surface area contributed by atoms with Crippen molar-refractivity contribution < 1.29 is 9.66 Å². The molecular weight excluding hydrogens is 446 g/mol. The molecule has 35 heavy (non-hydrogen) atoms. The summed E-state index contributed by atoms with van der Waals surface area (Å²) in [6.07, 6.45) is 9.49. The van der Waals surface area contributed by atoms with Crippen LogP contribution in [0.1, 0.15) is 6.42 Å². The summed E-state index contributed by atoms with van der Waals surface area (Å²) in [4.78, 5) is 22.8. The molecule has 0 fully saturated rings. The Morgan fingerprint density at radius 1 is 1.29 bits per heavy atom. The number of methoxy groups -OCH3 is 1. The fourth-order valence-electron chi connectivity index (χ4n) is 4.53. The third kappa shape index (κ3) is 4.75. The van der Waals surface area contributed by atoms with E-state index in [0.717, 1.165) is 22.2 Å². The van der Waals surface area contributed by atoms with E-state index < -0.39 is 11.6 Å². The van der Waals surface area contributed by atoms with E-state index in [2.05, 4.69) is 20.6 Å². The maximum atomic E-state index is 12.1. The number of fused-ring (bicyclic) bond motifs is 1. The third-order valence-corrected chi connectivity index (χ3v) is 6.46. The SMILES string of the molecule is CNC1(CCN(C)C)C=C(OC)C(Nc2cc(-c3cn(C)c4ncccc34)ccn2)=CC1[N+](=O)[O-].